The van der Waals surface area contributed by atoms with Crippen LogP contribution in [-0.2, 0) is 6.54 Å². The van der Waals surface area contributed by atoms with Crippen LogP contribution in [-0.4, -0.2) is 37.0 Å². The van der Waals surface area contributed by atoms with Crippen LogP contribution in [0.4, 0.5) is 4.39 Å². The summed E-state index contributed by atoms with van der Waals surface area (Å²) < 4.78 is 18.8. The number of nitrogens with one attached hydrogen (secondary N) is 1. The summed E-state index contributed by atoms with van der Waals surface area (Å²) in [6.07, 6.45) is 3.88. The Morgan fingerprint density at radius 1 is 1.04 bits per heavy atom. The van der Waals surface area contributed by atoms with Crippen molar-refractivity contribution in [2.24, 2.45) is 0 Å². The van der Waals surface area contributed by atoms with Gasteiger partial charge >= 0.3 is 0 Å². The van der Waals surface area contributed by atoms with E-state index in [1.165, 1.54) is 30.9 Å². The molecule has 3 rings (SSSR count). The van der Waals surface area contributed by atoms with Crippen LogP contribution < -0.4 is 10.1 Å². The Labute approximate surface area is 154 Å². The number of amides is 1. The van der Waals surface area contributed by atoms with Crippen LogP contribution in [0.3, 0.4) is 0 Å². The summed E-state index contributed by atoms with van der Waals surface area (Å²) in [5.74, 6) is -0.349. The summed E-state index contributed by atoms with van der Waals surface area (Å²) in [6, 6.07) is 14.0. The van der Waals surface area contributed by atoms with E-state index in [4.69, 9.17) is 4.74 Å². The lowest BCUT2D eigenvalue weighted by atomic mass is 10.1. The molecule has 2 aromatic carbocycles. The minimum atomic E-state index is -0.400. The Balaban J connectivity index is 1.42. The number of carbonyl (C=O) groups excluding carboxylic acids is 1. The highest BCUT2D eigenvalue weighted by Gasteiger charge is 2.11. The van der Waals surface area contributed by atoms with Crippen molar-refractivity contribution in [3.8, 4) is 5.75 Å². The summed E-state index contributed by atoms with van der Waals surface area (Å²) in [7, 11) is 0. The molecule has 0 aliphatic carbocycles. The summed E-state index contributed by atoms with van der Waals surface area (Å²) in [4.78, 5) is 14.6. The Hall–Kier alpha value is -2.40. The molecule has 4 nitrogen and oxygen atoms in total. The fourth-order valence-corrected chi connectivity index (χ4v) is 3.13. The van der Waals surface area contributed by atoms with Crippen molar-refractivity contribution in [3.63, 3.8) is 0 Å². The monoisotopic (exact) mass is 356 g/mol. The standard InChI is InChI=1S/C21H25FN2O2/c22-19-6-2-3-7-20(19)26-15-12-23-21(25)18-10-8-17(9-11-18)16-24-13-4-1-5-14-24/h2-3,6-11H,1,4-5,12-16H2,(H,23,25). The predicted octanol–water partition coefficient (Wildman–Crippen LogP) is 3.62. The molecule has 1 saturated heterocycles. The van der Waals surface area contributed by atoms with E-state index in [-0.39, 0.29) is 18.3 Å². The molecular weight excluding hydrogens is 331 g/mol. The second-order valence-corrected chi connectivity index (χ2v) is 6.57. The summed E-state index contributed by atoms with van der Waals surface area (Å²) in [5, 5.41) is 2.79. The van der Waals surface area contributed by atoms with Gasteiger partial charge in [-0.05, 0) is 55.8 Å². The second-order valence-electron chi connectivity index (χ2n) is 6.57. The van der Waals surface area contributed by atoms with E-state index in [1.807, 2.05) is 24.3 Å². The molecule has 0 bridgehead atoms. The predicted molar refractivity (Wildman–Crippen MR) is 99.8 cm³/mol. The number of ether oxygens (including phenoxy) is 1. The van der Waals surface area contributed by atoms with Crippen LogP contribution in [0, 0.1) is 5.82 Å². The highest BCUT2D eigenvalue weighted by molar-refractivity contribution is 5.94. The number of rotatable bonds is 7. The molecule has 0 saturated carbocycles. The lowest BCUT2D eigenvalue weighted by molar-refractivity contribution is 0.0946. The first-order chi connectivity index (χ1) is 12.7. The lowest BCUT2D eigenvalue weighted by Crippen LogP contribution is -2.29. The smallest absolute Gasteiger partial charge is 0.251 e. The van der Waals surface area contributed by atoms with E-state index < -0.39 is 5.82 Å². The maximum atomic E-state index is 13.4. The SMILES string of the molecule is O=C(NCCOc1ccccc1F)c1ccc(CN2CCCCC2)cc1. The van der Waals surface area contributed by atoms with Gasteiger partial charge in [0.2, 0.25) is 0 Å². The largest absolute Gasteiger partial charge is 0.489 e. The van der Waals surface area contributed by atoms with Crippen molar-refractivity contribution in [1.82, 2.24) is 10.2 Å². The van der Waals surface area contributed by atoms with Crippen LogP contribution in [0.5, 0.6) is 5.75 Å². The molecule has 0 unspecified atom stereocenters. The number of carbonyl (C=O) groups is 1. The molecule has 1 amide bonds. The third-order valence-corrected chi connectivity index (χ3v) is 4.55. The molecular formula is C21H25FN2O2. The van der Waals surface area contributed by atoms with Gasteiger partial charge in [-0.2, -0.15) is 0 Å². The molecule has 1 N–H and O–H groups in total. The number of halogens is 1. The number of hydrogen-bond donors (Lipinski definition) is 1. The number of benzene rings is 2. The minimum Gasteiger partial charge on any atom is -0.489 e. The zero-order chi connectivity index (χ0) is 18.2. The Kier molecular flexibility index (Phi) is 6.61. The molecule has 1 fully saturated rings. The average molecular weight is 356 g/mol. The molecule has 0 atom stereocenters. The molecule has 1 heterocycles. The topological polar surface area (TPSA) is 41.6 Å². The van der Waals surface area contributed by atoms with E-state index in [0.29, 0.717) is 12.1 Å². The quantitative estimate of drug-likeness (QED) is 0.771. The van der Waals surface area contributed by atoms with Gasteiger partial charge in [0.15, 0.2) is 11.6 Å². The van der Waals surface area contributed by atoms with E-state index >= 15 is 0 Å². The third kappa shape index (κ3) is 5.30. The van der Waals surface area contributed by atoms with Gasteiger partial charge < -0.3 is 10.1 Å². The van der Waals surface area contributed by atoms with Crippen molar-refractivity contribution in [2.75, 3.05) is 26.2 Å². The summed E-state index contributed by atoms with van der Waals surface area (Å²) in [6.45, 7) is 3.80. The number of piperidine rings is 1. The summed E-state index contributed by atoms with van der Waals surface area (Å²) in [5.41, 5.74) is 1.85. The van der Waals surface area contributed by atoms with Gasteiger partial charge in [0.25, 0.3) is 5.91 Å². The normalized spacial score (nSPS) is 14.8. The number of nitrogens with zero attached hydrogens (tertiary/aromatic N) is 1. The molecule has 138 valence electrons. The van der Waals surface area contributed by atoms with Crippen molar-refractivity contribution in [1.29, 1.82) is 0 Å². The van der Waals surface area contributed by atoms with Gasteiger partial charge in [0.1, 0.15) is 6.61 Å². The van der Waals surface area contributed by atoms with E-state index in [2.05, 4.69) is 10.2 Å². The maximum Gasteiger partial charge on any atom is 0.251 e. The maximum absolute atomic E-state index is 13.4. The van der Waals surface area contributed by atoms with E-state index in [0.717, 1.165) is 19.6 Å². The van der Waals surface area contributed by atoms with Gasteiger partial charge in [-0.25, -0.2) is 4.39 Å². The van der Waals surface area contributed by atoms with Crippen molar-refractivity contribution < 1.29 is 13.9 Å². The van der Waals surface area contributed by atoms with Crippen LogP contribution in [0.15, 0.2) is 48.5 Å². The van der Waals surface area contributed by atoms with Crippen LogP contribution in [0.1, 0.15) is 35.2 Å². The lowest BCUT2D eigenvalue weighted by Gasteiger charge is -2.26. The molecule has 0 aromatic heterocycles. The molecule has 1 aliphatic heterocycles. The first-order valence-corrected chi connectivity index (χ1v) is 9.19. The van der Waals surface area contributed by atoms with E-state index in [1.54, 1.807) is 18.2 Å². The highest BCUT2D eigenvalue weighted by Crippen LogP contribution is 2.15. The molecule has 26 heavy (non-hydrogen) atoms. The Morgan fingerprint density at radius 2 is 1.77 bits per heavy atom. The van der Waals surface area contributed by atoms with Crippen molar-refractivity contribution in [3.05, 3.63) is 65.5 Å². The number of para-hydroxylation sites is 1. The zero-order valence-corrected chi connectivity index (χ0v) is 14.9. The molecule has 0 radical (unpaired) electrons. The highest BCUT2D eigenvalue weighted by atomic mass is 19.1. The number of likely N-dealkylation sites (tertiary alicyclic amines) is 1. The van der Waals surface area contributed by atoms with Gasteiger partial charge in [0, 0.05) is 12.1 Å². The molecule has 5 heteroatoms. The first kappa shape index (κ1) is 18.4. The Bertz CT molecular complexity index is 712. The van der Waals surface area contributed by atoms with Gasteiger partial charge in [-0.1, -0.05) is 30.7 Å². The Morgan fingerprint density at radius 3 is 2.50 bits per heavy atom. The summed E-state index contributed by atoms with van der Waals surface area (Å²) >= 11 is 0. The third-order valence-electron chi connectivity index (χ3n) is 4.55. The fourth-order valence-electron chi connectivity index (χ4n) is 3.13. The fraction of sp³-hybridized carbons (Fsp3) is 0.381. The average Bonchev–Trinajstić information content (AvgIpc) is 2.68. The zero-order valence-electron chi connectivity index (χ0n) is 14.9. The molecule has 0 spiro atoms. The molecule has 2 aromatic rings. The minimum absolute atomic E-state index is 0.147. The second kappa shape index (κ2) is 9.34. The van der Waals surface area contributed by atoms with Crippen LogP contribution in [0.25, 0.3) is 0 Å². The van der Waals surface area contributed by atoms with Gasteiger partial charge in [-0.3, -0.25) is 9.69 Å². The van der Waals surface area contributed by atoms with Crippen molar-refractivity contribution in [2.45, 2.75) is 25.8 Å². The van der Waals surface area contributed by atoms with E-state index in [9.17, 15) is 9.18 Å². The van der Waals surface area contributed by atoms with Crippen LogP contribution >= 0.6 is 0 Å². The van der Waals surface area contributed by atoms with Crippen LogP contribution in [0.2, 0.25) is 0 Å². The first-order valence-electron chi connectivity index (χ1n) is 9.19. The van der Waals surface area contributed by atoms with Gasteiger partial charge in [-0.15, -0.1) is 0 Å². The van der Waals surface area contributed by atoms with Crippen molar-refractivity contribution >= 4 is 5.91 Å². The van der Waals surface area contributed by atoms with Gasteiger partial charge in [0.05, 0.1) is 6.54 Å². The molecule has 1 aliphatic rings. The number of hydrogen-bond acceptors (Lipinski definition) is 3.